The van der Waals surface area contributed by atoms with Crippen molar-refractivity contribution >= 4 is 17.8 Å². The molecule has 4 heteroatoms. The maximum atomic E-state index is 10.9. The van der Waals surface area contributed by atoms with Crippen molar-refractivity contribution in [2.75, 3.05) is 0 Å². The second kappa shape index (κ2) is 4.32. The third-order valence-electron chi connectivity index (χ3n) is 1.59. The van der Waals surface area contributed by atoms with E-state index in [1.165, 1.54) is 19.2 Å². The minimum Gasteiger partial charge on any atom is -0.478 e. The minimum atomic E-state index is -1.03. The summed E-state index contributed by atoms with van der Waals surface area (Å²) in [4.78, 5) is 25.0. The first-order valence-electron chi connectivity index (χ1n) is 3.97. The van der Waals surface area contributed by atoms with E-state index >= 15 is 0 Å². The number of hydrogen-bond acceptors (Lipinski definition) is 3. The number of carbonyl (C=O) groups excluding carboxylic acids is 1. The molecule has 0 aliphatic rings. The Kier molecular flexibility index (Phi) is 3.12. The first-order valence-corrected chi connectivity index (χ1v) is 3.97. The molecule has 0 saturated carbocycles. The molecular formula is C10H9NO3. The van der Waals surface area contributed by atoms with E-state index in [2.05, 4.69) is 4.98 Å². The molecule has 0 radical (unpaired) electrons. The van der Waals surface area contributed by atoms with Gasteiger partial charge in [0, 0.05) is 17.8 Å². The Morgan fingerprint density at radius 2 is 2.14 bits per heavy atom. The quantitative estimate of drug-likeness (QED) is 0.579. The molecule has 0 aliphatic heterocycles. The van der Waals surface area contributed by atoms with Crippen molar-refractivity contribution in [2.24, 2.45) is 0 Å². The van der Waals surface area contributed by atoms with Gasteiger partial charge >= 0.3 is 5.97 Å². The van der Waals surface area contributed by atoms with E-state index in [0.29, 0.717) is 11.3 Å². The van der Waals surface area contributed by atoms with Crippen LogP contribution in [0.3, 0.4) is 0 Å². The summed E-state index contributed by atoms with van der Waals surface area (Å²) >= 11 is 0. The Bertz CT molecular complexity index is 379. The highest BCUT2D eigenvalue weighted by Gasteiger charge is 1.98. The van der Waals surface area contributed by atoms with Gasteiger partial charge in [0.1, 0.15) is 0 Å². The second-order valence-corrected chi connectivity index (χ2v) is 2.70. The van der Waals surface area contributed by atoms with Gasteiger partial charge in [0.05, 0.1) is 5.69 Å². The molecule has 0 amide bonds. The van der Waals surface area contributed by atoms with Gasteiger partial charge in [-0.3, -0.25) is 9.78 Å². The SMILES string of the molecule is CC(=O)c1ccc(C=CC(=O)O)nc1. The molecule has 1 heterocycles. The summed E-state index contributed by atoms with van der Waals surface area (Å²) in [6, 6.07) is 3.20. The predicted molar refractivity (Wildman–Crippen MR) is 50.9 cm³/mol. The normalized spacial score (nSPS) is 10.4. The fourth-order valence-electron chi connectivity index (χ4n) is 0.869. The smallest absolute Gasteiger partial charge is 0.328 e. The second-order valence-electron chi connectivity index (χ2n) is 2.70. The maximum absolute atomic E-state index is 10.9. The zero-order chi connectivity index (χ0) is 10.6. The molecule has 0 bridgehead atoms. The molecule has 72 valence electrons. The van der Waals surface area contributed by atoms with Crippen molar-refractivity contribution in [2.45, 2.75) is 6.92 Å². The molecule has 1 N–H and O–H groups in total. The number of rotatable bonds is 3. The van der Waals surface area contributed by atoms with Crippen LogP contribution in [0.1, 0.15) is 23.0 Å². The lowest BCUT2D eigenvalue weighted by molar-refractivity contribution is -0.131. The van der Waals surface area contributed by atoms with Crippen molar-refractivity contribution in [1.82, 2.24) is 4.98 Å². The van der Waals surface area contributed by atoms with E-state index in [4.69, 9.17) is 5.11 Å². The number of carbonyl (C=O) groups is 2. The van der Waals surface area contributed by atoms with Crippen molar-refractivity contribution in [3.8, 4) is 0 Å². The number of nitrogens with zero attached hydrogens (tertiary/aromatic N) is 1. The van der Waals surface area contributed by atoms with E-state index in [1.807, 2.05) is 0 Å². The summed E-state index contributed by atoms with van der Waals surface area (Å²) in [5, 5.41) is 8.35. The first kappa shape index (κ1) is 10.1. The van der Waals surface area contributed by atoms with Gasteiger partial charge in [-0.15, -0.1) is 0 Å². The van der Waals surface area contributed by atoms with Gasteiger partial charge in [-0.05, 0) is 25.1 Å². The summed E-state index contributed by atoms with van der Waals surface area (Å²) in [5.41, 5.74) is 1.02. The van der Waals surface area contributed by atoms with E-state index in [-0.39, 0.29) is 5.78 Å². The van der Waals surface area contributed by atoms with Crippen molar-refractivity contribution < 1.29 is 14.7 Å². The number of pyridine rings is 1. The molecule has 0 atom stereocenters. The summed E-state index contributed by atoms with van der Waals surface area (Å²) in [7, 11) is 0. The summed E-state index contributed by atoms with van der Waals surface area (Å²) in [6.07, 6.45) is 3.78. The Morgan fingerprint density at radius 3 is 2.57 bits per heavy atom. The highest BCUT2D eigenvalue weighted by atomic mass is 16.4. The van der Waals surface area contributed by atoms with Crippen molar-refractivity contribution in [1.29, 1.82) is 0 Å². The lowest BCUT2D eigenvalue weighted by Gasteiger charge is -1.94. The molecule has 0 spiro atoms. The summed E-state index contributed by atoms with van der Waals surface area (Å²) < 4.78 is 0. The van der Waals surface area contributed by atoms with Crippen LogP contribution in [0.5, 0.6) is 0 Å². The fourth-order valence-corrected chi connectivity index (χ4v) is 0.869. The van der Waals surface area contributed by atoms with E-state index in [9.17, 15) is 9.59 Å². The molecule has 0 saturated heterocycles. The predicted octanol–water partition coefficient (Wildman–Crippen LogP) is 1.38. The molecular weight excluding hydrogens is 182 g/mol. The molecule has 14 heavy (non-hydrogen) atoms. The molecule has 1 aromatic rings. The lowest BCUT2D eigenvalue weighted by Crippen LogP contribution is -1.93. The van der Waals surface area contributed by atoms with E-state index < -0.39 is 5.97 Å². The number of carboxylic acid groups (broad SMARTS) is 1. The van der Waals surface area contributed by atoms with Gasteiger partial charge in [0.15, 0.2) is 5.78 Å². The van der Waals surface area contributed by atoms with Gasteiger partial charge in [0.25, 0.3) is 0 Å². The third-order valence-corrected chi connectivity index (χ3v) is 1.59. The highest BCUT2D eigenvalue weighted by molar-refractivity contribution is 5.93. The van der Waals surface area contributed by atoms with Crippen molar-refractivity contribution in [3.05, 3.63) is 35.7 Å². The third kappa shape index (κ3) is 2.82. The largest absolute Gasteiger partial charge is 0.478 e. The van der Waals surface area contributed by atoms with Gasteiger partial charge in [-0.2, -0.15) is 0 Å². The fraction of sp³-hybridized carbons (Fsp3) is 0.100. The Labute approximate surface area is 80.9 Å². The van der Waals surface area contributed by atoms with E-state index in [0.717, 1.165) is 6.08 Å². The summed E-state index contributed by atoms with van der Waals surface area (Å²) in [5.74, 6) is -1.09. The number of hydrogen-bond donors (Lipinski definition) is 1. The topological polar surface area (TPSA) is 67.3 Å². The maximum Gasteiger partial charge on any atom is 0.328 e. The highest BCUT2D eigenvalue weighted by Crippen LogP contribution is 2.02. The van der Waals surface area contributed by atoms with Crippen LogP contribution in [0.15, 0.2) is 24.4 Å². The number of Topliss-reactive ketones (excluding diaryl/α,β-unsaturated/α-hetero) is 1. The molecule has 1 rings (SSSR count). The van der Waals surface area contributed by atoms with Gasteiger partial charge < -0.3 is 5.11 Å². The Hall–Kier alpha value is -1.97. The van der Waals surface area contributed by atoms with Crippen molar-refractivity contribution in [3.63, 3.8) is 0 Å². The molecule has 0 aromatic carbocycles. The van der Waals surface area contributed by atoms with Crippen LogP contribution in [0.4, 0.5) is 0 Å². The zero-order valence-corrected chi connectivity index (χ0v) is 7.60. The molecule has 0 unspecified atom stereocenters. The Morgan fingerprint density at radius 1 is 1.43 bits per heavy atom. The van der Waals surface area contributed by atoms with Crippen LogP contribution in [-0.4, -0.2) is 21.8 Å². The summed E-state index contributed by atoms with van der Waals surface area (Å²) in [6.45, 7) is 1.45. The minimum absolute atomic E-state index is 0.0636. The Balaban J connectivity index is 2.83. The molecule has 0 fully saturated rings. The zero-order valence-electron chi connectivity index (χ0n) is 7.60. The standard InChI is InChI=1S/C10H9NO3/c1-7(12)8-2-3-9(11-6-8)4-5-10(13)14/h2-6H,1H3,(H,13,14). The number of ketones is 1. The monoisotopic (exact) mass is 191 g/mol. The number of aliphatic carboxylic acids is 1. The molecule has 4 nitrogen and oxygen atoms in total. The van der Waals surface area contributed by atoms with Gasteiger partial charge in [0.2, 0.25) is 0 Å². The van der Waals surface area contributed by atoms with Crippen LogP contribution in [0.2, 0.25) is 0 Å². The average Bonchev–Trinajstić information content (AvgIpc) is 2.15. The van der Waals surface area contributed by atoms with Crippen LogP contribution in [-0.2, 0) is 4.79 Å². The molecule has 1 aromatic heterocycles. The van der Waals surface area contributed by atoms with Crippen LogP contribution in [0.25, 0.3) is 6.08 Å². The van der Waals surface area contributed by atoms with Gasteiger partial charge in [-0.1, -0.05) is 0 Å². The average molecular weight is 191 g/mol. The molecule has 0 aliphatic carbocycles. The van der Waals surface area contributed by atoms with E-state index in [1.54, 1.807) is 12.1 Å². The van der Waals surface area contributed by atoms with Crippen LogP contribution in [0, 0.1) is 0 Å². The van der Waals surface area contributed by atoms with Crippen LogP contribution < -0.4 is 0 Å². The van der Waals surface area contributed by atoms with Gasteiger partial charge in [-0.25, -0.2) is 4.79 Å². The lowest BCUT2D eigenvalue weighted by atomic mass is 10.2. The van der Waals surface area contributed by atoms with Crippen LogP contribution >= 0.6 is 0 Å². The first-order chi connectivity index (χ1) is 6.59. The number of carboxylic acids is 1. The number of aromatic nitrogens is 1.